The molecule has 0 bridgehead atoms. The van der Waals surface area contributed by atoms with Crippen LogP contribution in [0.15, 0.2) is 47.1 Å². The number of anilines is 1. The summed E-state index contributed by atoms with van der Waals surface area (Å²) >= 11 is 9.27. The third-order valence-corrected chi connectivity index (χ3v) is 3.40. The minimum absolute atomic E-state index is 0.636. The van der Waals surface area contributed by atoms with Crippen molar-refractivity contribution in [3.05, 3.63) is 57.7 Å². The van der Waals surface area contributed by atoms with Gasteiger partial charge in [0, 0.05) is 12.7 Å². The highest BCUT2D eigenvalue weighted by Crippen LogP contribution is 2.22. The highest BCUT2D eigenvalue weighted by atomic mass is 79.9. The fourth-order valence-corrected chi connectivity index (χ4v) is 2.47. The smallest absolute Gasteiger partial charge is 0.140 e. The van der Waals surface area contributed by atoms with Crippen molar-refractivity contribution in [1.29, 1.82) is 0 Å². The minimum Gasteiger partial charge on any atom is -0.369 e. The van der Waals surface area contributed by atoms with E-state index in [-0.39, 0.29) is 0 Å². The molecule has 4 heteroatoms. The lowest BCUT2D eigenvalue weighted by atomic mass is 10.1. The largest absolute Gasteiger partial charge is 0.369 e. The lowest BCUT2D eigenvalue weighted by Crippen LogP contribution is -2.05. The Hall–Kier alpha value is -1.06. The van der Waals surface area contributed by atoms with Crippen molar-refractivity contribution in [3.8, 4) is 0 Å². The molecule has 0 radical (unpaired) electrons. The van der Waals surface area contributed by atoms with Gasteiger partial charge in [-0.05, 0) is 40.4 Å². The maximum Gasteiger partial charge on any atom is 0.140 e. The zero-order valence-electron chi connectivity index (χ0n) is 9.87. The number of nitrogens with zero attached hydrogens (tertiary/aromatic N) is 1. The quantitative estimate of drug-likeness (QED) is 0.816. The van der Waals surface area contributed by atoms with Crippen LogP contribution in [0.4, 0.5) is 5.82 Å². The highest BCUT2D eigenvalue weighted by Gasteiger charge is 2.01. The molecule has 0 amide bonds. The van der Waals surface area contributed by atoms with Gasteiger partial charge in [0.15, 0.2) is 0 Å². The number of rotatable bonds is 5. The lowest BCUT2D eigenvalue weighted by molar-refractivity contribution is 0.858. The summed E-state index contributed by atoms with van der Waals surface area (Å²) in [7, 11) is 0. The van der Waals surface area contributed by atoms with E-state index in [9.17, 15) is 0 Å². The fraction of sp³-hybridized carbons (Fsp3) is 0.214. The molecule has 1 N–H and O–H groups in total. The van der Waals surface area contributed by atoms with Gasteiger partial charge in [0.05, 0.1) is 9.50 Å². The van der Waals surface area contributed by atoms with Crippen LogP contribution in [0.5, 0.6) is 0 Å². The van der Waals surface area contributed by atoms with Gasteiger partial charge in [0.2, 0.25) is 0 Å². The molecule has 2 nitrogen and oxygen atoms in total. The van der Waals surface area contributed by atoms with E-state index in [2.05, 4.69) is 50.5 Å². The summed E-state index contributed by atoms with van der Waals surface area (Å²) in [6.07, 6.45) is 3.78. The molecule has 2 aromatic rings. The highest BCUT2D eigenvalue weighted by molar-refractivity contribution is 9.10. The molecule has 0 aliphatic heterocycles. The molecule has 18 heavy (non-hydrogen) atoms. The van der Waals surface area contributed by atoms with E-state index in [0.29, 0.717) is 5.02 Å². The van der Waals surface area contributed by atoms with Crippen LogP contribution in [0.3, 0.4) is 0 Å². The first-order chi connectivity index (χ1) is 8.75. The van der Waals surface area contributed by atoms with Crippen LogP contribution in [-0.4, -0.2) is 11.5 Å². The molecule has 0 spiro atoms. The first-order valence-corrected chi connectivity index (χ1v) is 7.01. The van der Waals surface area contributed by atoms with E-state index in [1.807, 2.05) is 12.1 Å². The van der Waals surface area contributed by atoms with Gasteiger partial charge < -0.3 is 5.32 Å². The van der Waals surface area contributed by atoms with E-state index in [0.717, 1.165) is 29.7 Å². The topological polar surface area (TPSA) is 24.9 Å². The molecule has 0 saturated heterocycles. The standard InChI is InChI=1S/C14H14BrClN2/c15-13-9-12(16)10-18-14(13)17-8-4-7-11-5-2-1-3-6-11/h1-3,5-6,9-10H,4,7-8H2,(H,17,18). The number of pyridine rings is 1. The number of hydrogen-bond donors (Lipinski definition) is 1. The second-order valence-corrected chi connectivity index (χ2v) is 5.29. The van der Waals surface area contributed by atoms with Crippen molar-refractivity contribution in [2.75, 3.05) is 11.9 Å². The number of hydrogen-bond acceptors (Lipinski definition) is 2. The van der Waals surface area contributed by atoms with Crippen molar-refractivity contribution >= 4 is 33.3 Å². The second kappa shape index (κ2) is 6.76. The normalized spacial score (nSPS) is 10.3. The Morgan fingerprint density at radius 1 is 1.22 bits per heavy atom. The van der Waals surface area contributed by atoms with Gasteiger partial charge in [0.1, 0.15) is 5.82 Å². The van der Waals surface area contributed by atoms with Gasteiger partial charge in [-0.15, -0.1) is 0 Å². The summed E-state index contributed by atoms with van der Waals surface area (Å²) in [5.41, 5.74) is 1.36. The minimum atomic E-state index is 0.636. The van der Waals surface area contributed by atoms with E-state index in [1.165, 1.54) is 5.56 Å². The SMILES string of the molecule is Clc1cnc(NCCCc2ccccc2)c(Br)c1. The van der Waals surface area contributed by atoms with Gasteiger partial charge in [-0.25, -0.2) is 4.98 Å². The molecule has 0 fully saturated rings. The van der Waals surface area contributed by atoms with E-state index in [1.54, 1.807) is 6.20 Å². The molecule has 0 saturated carbocycles. The maximum atomic E-state index is 5.84. The Kier molecular flexibility index (Phi) is 5.02. The molecule has 0 aliphatic carbocycles. The number of halogens is 2. The summed E-state index contributed by atoms with van der Waals surface area (Å²) in [5, 5.41) is 3.93. The number of aryl methyl sites for hydroxylation is 1. The van der Waals surface area contributed by atoms with Crippen LogP contribution in [-0.2, 0) is 6.42 Å². The zero-order chi connectivity index (χ0) is 12.8. The van der Waals surface area contributed by atoms with Crippen LogP contribution < -0.4 is 5.32 Å². The second-order valence-electron chi connectivity index (χ2n) is 4.00. The lowest BCUT2D eigenvalue weighted by Gasteiger charge is -2.07. The number of nitrogens with one attached hydrogen (secondary N) is 1. The molecule has 2 rings (SSSR count). The van der Waals surface area contributed by atoms with Crippen LogP contribution in [0.1, 0.15) is 12.0 Å². The average Bonchev–Trinajstić information content (AvgIpc) is 2.38. The van der Waals surface area contributed by atoms with Crippen molar-refractivity contribution in [3.63, 3.8) is 0 Å². The van der Waals surface area contributed by atoms with E-state index >= 15 is 0 Å². The first-order valence-electron chi connectivity index (χ1n) is 5.84. The van der Waals surface area contributed by atoms with Crippen molar-refractivity contribution < 1.29 is 0 Å². The van der Waals surface area contributed by atoms with E-state index in [4.69, 9.17) is 11.6 Å². The molecule has 1 aromatic heterocycles. The van der Waals surface area contributed by atoms with Gasteiger partial charge >= 0.3 is 0 Å². The van der Waals surface area contributed by atoms with Gasteiger partial charge in [-0.2, -0.15) is 0 Å². The Morgan fingerprint density at radius 3 is 2.72 bits per heavy atom. The van der Waals surface area contributed by atoms with E-state index < -0.39 is 0 Å². The predicted octanol–water partition coefficient (Wildman–Crippen LogP) is 4.54. The molecular formula is C14H14BrClN2. The van der Waals surface area contributed by atoms with Crippen molar-refractivity contribution in [2.24, 2.45) is 0 Å². The van der Waals surface area contributed by atoms with Gasteiger partial charge in [-0.3, -0.25) is 0 Å². The number of benzene rings is 1. The molecule has 0 aliphatic rings. The van der Waals surface area contributed by atoms with Crippen LogP contribution in [0, 0.1) is 0 Å². The Balaban J connectivity index is 1.79. The summed E-state index contributed by atoms with van der Waals surface area (Å²) < 4.78 is 0.898. The summed E-state index contributed by atoms with van der Waals surface area (Å²) in [4.78, 5) is 4.23. The molecule has 1 aromatic carbocycles. The third-order valence-electron chi connectivity index (χ3n) is 2.59. The summed E-state index contributed by atoms with van der Waals surface area (Å²) in [6, 6.07) is 12.3. The molecular weight excluding hydrogens is 312 g/mol. The molecule has 0 unspecified atom stereocenters. The zero-order valence-corrected chi connectivity index (χ0v) is 12.2. The Labute approximate surface area is 121 Å². The summed E-state index contributed by atoms with van der Waals surface area (Å²) in [6.45, 7) is 0.891. The van der Waals surface area contributed by atoms with Gasteiger partial charge in [-0.1, -0.05) is 41.9 Å². The molecule has 0 atom stereocenters. The molecule has 94 valence electrons. The van der Waals surface area contributed by atoms with Crippen molar-refractivity contribution in [1.82, 2.24) is 4.98 Å². The van der Waals surface area contributed by atoms with Crippen LogP contribution in [0.25, 0.3) is 0 Å². The monoisotopic (exact) mass is 324 g/mol. The summed E-state index contributed by atoms with van der Waals surface area (Å²) in [5.74, 6) is 0.840. The number of aromatic nitrogens is 1. The Morgan fingerprint density at radius 2 is 2.00 bits per heavy atom. The third kappa shape index (κ3) is 4.00. The average molecular weight is 326 g/mol. The fourth-order valence-electron chi connectivity index (χ4n) is 1.69. The predicted molar refractivity (Wildman–Crippen MR) is 80.2 cm³/mol. The van der Waals surface area contributed by atoms with Crippen molar-refractivity contribution in [2.45, 2.75) is 12.8 Å². The first kappa shape index (κ1) is 13.4. The molecule has 1 heterocycles. The Bertz CT molecular complexity index is 502. The van der Waals surface area contributed by atoms with Gasteiger partial charge in [0.25, 0.3) is 0 Å². The van der Waals surface area contributed by atoms with Crippen LogP contribution in [0.2, 0.25) is 5.02 Å². The van der Waals surface area contributed by atoms with Crippen LogP contribution >= 0.6 is 27.5 Å². The maximum absolute atomic E-state index is 5.84.